The summed E-state index contributed by atoms with van der Waals surface area (Å²) in [6, 6.07) is 1.67. The molecule has 2 aromatic rings. The van der Waals surface area contributed by atoms with Crippen molar-refractivity contribution in [3.05, 3.63) is 41.6 Å². The summed E-state index contributed by atoms with van der Waals surface area (Å²) in [5.74, 6) is -0.194. The monoisotopic (exact) mass is 433 g/mol. The van der Waals surface area contributed by atoms with E-state index in [9.17, 15) is 9.18 Å². The highest BCUT2D eigenvalue weighted by molar-refractivity contribution is 5.87. The highest BCUT2D eigenvalue weighted by Crippen LogP contribution is 2.26. The number of carboxylic acid groups (broad SMARTS) is 2. The van der Waals surface area contributed by atoms with E-state index in [1.165, 1.54) is 12.4 Å². The predicted octanol–water partition coefficient (Wildman–Crippen LogP) is 1.32. The van der Waals surface area contributed by atoms with E-state index >= 15 is 0 Å². The molecule has 0 aliphatic carbocycles. The van der Waals surface area contributed by atoms with Crippen LogP contribution in [0.15, 0.2) is 24.7 Å². The Balaban J connectivity index is 0.000000858. The summed E-state index contributed by atoms with van der Waals surface area (Å²) < 4.78 is 19.6. The summed E-state index contributed by atoms with van der Waals surface area (Å²) in [6.45, 7) is 3.63. The lowest BCUT2D eigenvalue weighted by molar-refractivity contribution is -0.122. The van der Waals surface area contributed by atoms with E-state index in [1.807, 2.05) is 4.90 Å². The molecule has 1 atom stereocenters. The number of hydrogen-bond acceptors (Lipinski definition) is 8. The van der Waals surface area contributed by atoms with Crippen molar-refractivity contribution in [1.82, 2.24) is 15.0 Å². The number of aromatic carboxylic acids is 1. The van der Waals surface area contributed by atoms with Gasteiger partial charge < -0.3 is 24.7 Å². The van der Waals surface area contributed by atoms with Crippen molar-refractivity contribution in [3.63, 3.8) is 0 Å². The van der Waals surface area contributed by atoms with E-state index in [-0.39, 0.29) is 12.0 Å². The maximum Gasteiger partial charge on any atom is 0.337 e. The van der Waals surface area contributed by atoms with Gasteiger partial charge in [0.25, 0.3) is 6.47 Å². The van der Waals surface area contributed by atoms with Gasteiger partial charge in [-0.3, -0.25) is 9.78 Å². The third kappa shape index (κ3) is 5.85. The Hall–Kier alpha value is -3.34. The summed E-state index contributed by atoms with van der Waals surface area (Å²) in [5, 5.41) is 16.0. The first-order chi connectivity index (χ1) is 15.0. The number of pyridine rings is 1. The lowest BCUT2D eigenvalue weighted by atomic mass is 9.99. The van der Waals surface area contributed by atoms with E-state index < -0.39 is 11.8 Å². The number of hydrogen-bond donors (Lipinski definition) is 2. The first-order valence-electron chi connectivity index (χ1n) is 9.87. The van der Waals surface area contributed by atoms with Crippen LogP contribution >= 0.6 is 0 Å². The lowest BCUT2D eigenvalue weighted by Gasteiger charge is -2.28. The van der Waals surface area contributed by atoms with E-state index in [0.29, 0.717) is 44.0 Å². The van der Waals surface area contributed by atoms with Crippen LogP contribution in [0.5, 0.6) is 0 Å². The normalized spacial score (nSPS) is 18.3. The smallest absolute Gasteiger partial charge is 0.337 e. The molecule has 11 heteroatoms. The Morgan fingerprint density at radius 2 is 1.97 bits per heavy atom. The van der Waals surface area contributed by atoms with Crippen molar-refractivity contribution in [2.24, 2.45) is 5.92 Å². The molecule has 2 fully saturated rings. The van der Waals surface area contributed by atoms with Crippen molar-refractivity contribution in [3.8, 4) is 0 Å². The van der Waals surface area contributed by atoms with E-state index in [1.54, 1.807) is 12.3 Å². The number of carbonyl (C=O) groups is 2. The third-order valence-corrected chi connectivity index (χ3v) is 5.16. The standard InChI is InChI=1S/C19H22FN5O3.CH2O2/c20-16-11-22-19(23-17(16)24-3-5-28-6-4-24)25-2-1-13(12-25)7-14-8-15(18(26)27)10-21-9-14;2-1-3/h8-11,13H,1-7,12H2,(H,26,27);1H,(H,2,3). The molecule has 0 amide bonds. The van der Waals surface area contributed by atoms with E-state index in [4.69, 9.17) is 19.7 Å². The average Bonchev–Trinajstić information content (AvgIpc) is 3.24. The largest absolute Gasteiger partial charge is 0.483 e. The molecule has 2 aliphatic rings. The van der Waals surface area contributed by atoms with Crippen LogP contribution in [0.3, 0.4) is 0 Å². The number of ether oxygens (including phenoxy) is 1. The fourth-order valence-electron chi connectivity index (χ4n) is 3.73. The zero-order valence-corrected chi connectivity index (χ0v) is 16.9. The van der Waals surface area contributed by atoms with Crippen LogP contribution in [0.1, 0.15) is 22.3 Å². The van der Waals surface area contributed by atoms with Gasteiger partial charge in [-0.15, -0.1) is 0 Å². The number of carboxylic acids is 1. The Kier molecular flexibility index (Phi) is 7.65. The third-order valence-electron chi connectivity index (χ3n) is 5.16. The second kappa shape index (κ2) is 10.6. The lowest BCUT2D eigenvalue weighted by Crippen LogP contribution is -2.37. The van der Waals surface area contributed by atoms with Gasteiger partial charge in [-0.25, -0.2) is 14.2 Å². The van der Waals surface area contributed by atoms with Crippen LogP contribution in [0.2, 0.25) is 0 Å². The van der Waals surface area contributed by atoms with Gasteiger partial charge in [0.15, 0.2) is 11.6 Å². The molecule has 0 bridgehead atoms. The number of aromatic nitrogens is 3. The second-order valence-electron chi connectivity index (χ2n) is 7.24. The summed E-state index contributed by atoms with van der Waals surface area (Å²) in [6.07, 6.45) is 5.97. The molecular weight excluding hydrogens is 409 g/mol. The molecular formula is C20H24FN5O5. The van der Waals surface area contributed by atoms with E-state index in [2.05, 4.69) is 19.9 Å². The zero-order chi connectivity index (χ0) is 22.2. The average molecular weight is 433 g/mol. The molecule has 0 spiro atoms. The van der Waals surface area contributed by atoms with Gasteiger partial charge in [-0.05, 0) is 30.4 Å². The molecule has 2 aliphatic heterocycles. The molecule has 0 aromatic carbocycles. The minimum Gasteiger partial charge on any atom is -0.483 e. The highest BCUT2D eigenvalue weighted by atomic mass is 19.1. The van der Waals surface area contributed by atoms with Gasteiger partial charge in [0.2, 0.25) is 5.95 Å². The summed E-state index contributed by atoms with van der Waals surface area (Å²) in [4.78, 5) is 36.1. The van der Waals surface area contributed by atoms with Crippen molar-refractivity contribution < 1.29 is 28.9 Å². The first-order valence-corrected chi connectivity index (χ1v) is 9.87. The molecule has 10 nitrogen and oxygen atoms in total. The van der Waals surface area contributed by atoms with Gasteiger partial charge in [0, 0.05) is 38.6 Å². The maximum atomic E-state index is 14.2. The van der Waals surface area contributed by atoms with Gasteiger partial charge in [-0.1, -0.05) is 0 Å². The molecule has 2 saturated heterocycles. The van der Waals surface area contributed by atoms with Crippen molar-refractivity contribution in [2.45, 2.75) is 12.8 Å². The van der Waals surface area contributed by atoms with Crippen LogP contribution < -0.4 is 9.80 Å². The summed E-state index contributed by atoms with van der Waals surface area (Å²) in [7, 11) is 0. The summed E-state index contributed by atoms with van der Waals surface area (Å²) >= 11 is 0. The molecule has 0 saturated carbocycles. The molecule has 0 radical (unpaired) electrons. The number of rotatable bonds is 5. The Morgan fingerprint density at radius 1 is 1.23 bits per heavy atom. The van der Waals surface area contributed by atoms with Crippen molar-refractivity contribution in [1.29, 1.82) is 0 Å². The number of halogens is 1. The minimum absolute atomic E-state index is 0.198. The molecule has 1 unspecified atom stereocenters. The second-order valence-corrected chi connectivity index (χ2v) is 7.24. The molecule has 2 N–H and O–H groups in total. The molecule has 166 valence electrons. The topological polar surface area (TPSA) is 129 Å². The minimum atomic E-state index is -0.974. The van der Waals surface area contributed by atoms with Crippen LogP contribution in [-0.4, -0.2) is 77.0 Å². The Bertz CT molecular complexity index is 909. The molecule has 4 rings (SSSR count). The highest BCUT2D eigenvalue weighted by Gasteiger charge is 2.26. The fourth-order valence-corrected chi connectivity index (χ4v) is 3.73. The van der Waals surface area contributed by atoms with Gasteiger partial charge in [-0.2, -0.15) is 4.98 Å². The Morgan fingerprint density at radius 3 is 2.68 bits per heavy atom. The number of morpholine rings is 1. The number of nitrogens with zero attached hydrogens (tertiary/aromatic N) is 5. The van der Waals surface area contributed by atoms with Crippen molar-refractivity contribution >= 4 is 24.2 Å². The fraction of sp³-hybridized carbons (Fsp3) is 0.450. The predicted molar refractivity (Wildman–Crippen MR) is 109 cm³/mol. The van der Waals surface area contributed by atoms with Crippen molar-refractivity contribution in [2.75, 3.05) is 49.2 Å². The zero-order valence-electron chi connectivity index (χ0n) is 16.9. The summed E-state index contributed by atoms with van der Waals surface area (Å²) in [5.41, 5.74) is 1.10. The molecule has 2 aromatic heterocycles. The molecule has 4 heterocycles. The van der Waals surface area contributed by atoms with Crippen LogP contribution in [0.25, 0.3) is 0 Å². The quantitative estimate of drug-likeness (QED) is 0.666. The SMILES string of the molecule is O=C(O)c1cncc(CC2CCN(c3ncc(F)c(N4CCOCC4)n3)C2)c1.O=CO. The van der Waals surface area contributed by atoms with Crippen LogP contribution in [0.4, 0.5) is 16.2 Å². The van der Waals surface area contributed by atoms with Gasteiger partial charge in [0.05, 0.1) is 25.0 Å². The molecule has 31 heavy (non-hydrogen) atoms. The van der Waals surface area contributed by atoms with Gasteiger partial charge >= 0.3 is 5.97 Å². The first kappa shape index (κ1) is 22.3. The Labute approximate surface area is 178 Å². The van der Waals surface area contributed by atoms with Gasteiger partial charge in [0.1, 0.15) is 0 Å². The maximum absolute atomic E-state index is 14.2. The number of anilines is 2. The van der Waals surface area contributed by atoms with Crippen LogP contribution in [-0.2, 0) is 16.0 Å². The van der Waals surface area contributed by atoms with Crippen LogP contribution in [0, 0.1) is 11.7 Å². The van der Waals surface area contributed by atoms with E-state index in [0.717, 1.165) is 31.5 Å².